The van der Waals surface area contributed by atoms with Crippen molar-refractivity contribution in [2.24, 2.45) is 0 Å². The van der Waals surface area contributed by atoms with E-state index >= 15 is 0 Å². The van der Waals surface area contributed by atoms with Gasteiger partial charge >= 0.3 is 6.18 Å². The number of rotatable bonds is 4. The number of aliphatic hydroxyl groups is 1. The largest absolute Gasteiger partial charge is 0.433 e. The monoisotopic (exact) mass is 381 g/mol. The molecule has 0 bridgehead atoms. The Balaban J connectivity index is 2.15. The Morgan fingerprint density at radius 2 is 1.92 bits per heavy atom. The SMILES string of the molecule is C[C@H]1CN(CC(C)(C)O)CCN1S(=O)(=O)c1ccc(C(F)(F)F)nc1. The normalized spacial score (nSPS) is 21.5. The second-order valence-corrected chi connectivity index (χ2v) is 8.78. The van der Waals surface area contributed by atoms with E-state index in [0.29, 0.717) is 25.7 Å². The van der Waals surface area contributed by atoms with Crippen molar-refractivity contribution >= 4 is 10.0 Å². The number of sulfonamides is 1. The fourth-order valence-electron chi connectivity index (χ4n) is 2.90. The quantitative estimate of drug-likeness (QED) is 0.857. The maximum absolute atomic E-state index is 12.7. The minimum absolute atomic E-state index is 0.195. The predicted molar refractivity (Wildman–Crippen MR) is 85.3 cm³/mol. The van der Waals surface area contributed by atoms with Crippen molar-refractivity contribution in [3.63, 3.8) is 0 Å². The maximum atomic E-state index is 12.7. The lowest BCUT2D eigenvalue weighted by molar-refractivity contribution is -0.141. The lowest BCUT2D eigenvalue weighted by Crippen LogP contribution is -2.56. The van der Waals surface area contributed by atoms with E-state index in [4.69, 9.17) is 0 Å². The van der Waals surface area contributed by atoms with E-state index < -0.39 is 27.5 Å². The van der Waals surface area contributed by atoms with Crippen molar-refractivity contribution in [2.75, 3.05) is 26.2 Å². The number of nitrogens with zero attached hydrogens (tertiary/aromatic N) is 3. The third kappa shape index (κ3) is 4.90. The molecule has 1 aromatic heterocycles. The second kappa shape index (κ2) is 6.82. The number of β-amino-alcohol motifs (C(OH)–C–C–N with tert-alkyl or cyclic N) is 1. The lowest BCUT2D eigenvalue weighted by atomic mass is 10.1. The molecule has 0 aromatic carbocycles. The molecular weight excluding hydrogens is 359 g/mol. The van der Waals surface area contributed by atoms with Gasteiger partial charge in [-0.05, 0) is 32.9 Å². The molecule has 142 valence electrons. The highest BCUT2D eigenvalue weighted by molar-refractivity contribution is 7.89. The molecule has 25 heavy (non-hydrogen) atoms. The van der Waals surface area contributed by atoms with E-state index in [1.165, 1.54) is 4.31 Å². The second-order valence-electron chi connectivity index (χ2n) is 6.89. The highest BCUT2D eigenvalue weighted by Gasteiger charge is 2.36. The van der Waals surface area contributed by atoms with Crippen LogP contribution in [-0.2, 0) is 16.2 Å². The van der Waals surface area contributed by atoms with Crippen LogP contribution in [0.3, 0.4) is 0 Å². The van der Waals surface area contributed by atoms with Gasteiger partial charge in [-0.2, -0.15) is 17.5 Å². The van der Waals surface area contributed by atoms with Gasteiger partial charge in [-0.25, -0.2) is 8.42 Å². The van der Waals surface area contributed by atoms with E-state index in [0.717, 1.165) is 12.3 Å². The summed E-state index contributed by atoms with van der Waals surface area (Å²) in [5.41, 5.74) is -2.02. The summed E-state index contributed by atoms with van der Waals surface area (Å²) in [6, 6.07) is 1.23. The third-order valence-electron chi connectivity index (χ3n) is 3.89. The van der Waals surface area contributed by atoms with Crippen LogP contribution in [0.4, 0.5) is 13.2 Å². The topological polar surface area (TPSA) is 73.7 Å². The van der Waals surface area contributed by atoms with Crippen molar-refractivity contribution < 1.29 is 26.7 Å². The summed E-state index contributed by atoms with van der Waals surface area (Å²) in [5, 5.41) is 9.88. The molecule has 0 unspecified atom stereocenters. The molecule has 6 nitrogen and oxygen atoms in total. The van der Waals surface area contributed by atoms with E-state index in [1.54, 1.807) is 20.8 Å². The molecule has 1 aliphatic rings. The molecular formula is C15H22F3N3O3S. The first-order chi connectivity index (χ1) is 11.3. The number of piperazine rings is 1. The smallest absolute Gasteiger partial charge is 0.389 e. The average molecular weight is 381 g/mol. The maximum Gasteiger partial charge on any atom is 0.433 e. The van der Waals surface area contributed by atoms with E-state index in [1.807, 2.05) is 4.90 Å². The standard InChI is InChI=1S/C15H22F3N3O3S/c1-11-9-20(10-14(2,3)22)6-7-21(11)25(23,24)12-4-5-13(19-8-12)15(16,17)18/h4-5,8,11,22H,6-7,9-10H2,1-3H3/t11-/m0/s1. The van der Waals surface area contributed by atoms with Crippen molar-refractivity contribution in [1.29, 1.82) is 0 Å². The van der Waals surface area contributed by atoms with Gasteiger partial charge in [0.05, 0.1) is 5.60 Å². The number of halogens is 3. The molecule has 1 atom stereocenters. The van der Waals surface area contributed by atoms with Crippen LogP contribution >= 0.6 is 0 Å². The minimum atomic E-state index is -4.61. The molecule has 0 radical (unpaired) electrons. The van der Waals surface area contributed by atoms with Gasteiger partial charge in [0, 0.05) is 38.4 Å². The van der Waals surface area contributed by atoms with E-state index in [9.17, 15) is 26.7 Å². The van der Waals surface area contributed by atoms with Gasteiger partial charge in [0.2, 0.25) is 10.0 Å². The Morgan fingerprint density at radius 3 is 2.36 bits per heavy atom. The van der Waals surface area contributed by atoms with Crippen molar-refractivity contribution in [3.05, 3.63) is 24.0 Å². The van der Waals surface area contributed by atoms with Crippen LogP contribution in [0.1, 0.15) is 26.5 Å². The Hall–Kier alpha value is -1.23. The van der Waals surface area contributed by atoms with Crippen molar-refractivity contribution in [2.45, 2.75) is 43.5 Å². The fraction of sp³-hybridized carbons (Fsp3) is 0.667. The fourth-order valence-corrected chi connectivity index (χ4v) is 4.46. The minimum Gasteiger partial charge on any atom is -0.389 e. The van der Waals surface area contributed by atoms with Gasteiger partial charge in [-0.3, -0.25) is 9.88 Å². The summed E-state index contributed by atoms with van der Waals surface area (Å²) in [7, 11) is -3.93. The summed E-state index contributed by atoms with van der Waals surface area (Å²) in [6.07, 6.45) is -3.87. The summed E-state index contributed by atoms with van der Waals surface area (Å²) >= 11 is 0. The zero-order valence-corrected chi connectivity index (χ0v) is 15.1. The molecule has 2 rings (SSSR count). The number of alkyl halides is 3. The first-order valence-electron chi connectivity index (χ1n) is 7.80. The van der Waals surface area contributed by atoms with Crippen LogP contribution in [0.15, 0.2) is 23.2 Å². The van der Waals surface area contributed by atoms with E-state index in [2.05, 4.69) is 4.98 Å². The summed E-state index contributed by atoms with van der Waals surface area (Å²) in [5.74, 6) is 0. The summed E-state index contributed by atoms with van der Waals surface area (Å²) in [6.45, 7) is 6.54. The van der Waals surface area contributed by atoms with Crippen LogP contribution in [0.25, 0.3) is 0 Å². The zero-order chi connectivity index (χ0) is 19.0. The Kier molecular flexibility index (Phi) is 5.48. The molecule has 1 fully saturated rings. The molecule has 2 heterocycles. The first-order valence-corrected chi connectivity index (χ1v) is 9.24. The highest BCUT2D eigenvalue weighted by Crippen LogP contribution is 2.29. The number of hydrogen-bond donors (Lipinski definition) is 1. The number of aromatic nitrogens is 1. The van der Waals surface area contributed by atoms with Gasteiger partial charge in [-0.15, -0.1) is 0 Å². The molecule has 1 saturated heterocycles. The van der Waals surface area contributed by atoms with Crippen LogP contribution in [0, 0.1) is 0 Å². The van der Waals surface area contributed by atoms with Gasteiger partial charge in [-0.1, -0.05) is 0 Å². The Labute approximate surface area is 145 Å². The van der Waals surface area contributed by atoms with Crippen molar-refractivity contribution in [1.82, 2.24) is 14.2 Å². The molecule has 0 spiro atoms. The molecule has 0 amide bonds. The summed E-state index contributed by atoms with van der Waals surface area (Å²) < 4.78 is 64.3. The third-order valence-corrected chi connectivity index (χ3v) is 5.89. The molecule has 1 aliphatic heterocycles. The van der Waals surface area contributed by atoms with Crippen LogP contribution in [-0.4, -0.2) is 65.5 Å². The first kappa shape index (κ1) is 20.1. The van der Waals surface area contributed by atoms with Gasteiger partial charge < -0.3 is 5.11 Å². The lowest BCUT2D eigenvalue weighted by Gasteiger charge is -2.40. The molecule has 1 aromatic rings. The van der Waals surface area contributed by atoms with Crippen LogP contribution in [0.5, 0.6) is 0 Å². The Morgan fingerprint density at radius 1 is 1.28 bits per heavy atom. The van der Waals surface area contributed by atoms with Crippen LogP contribution < -0.4 is 0 Å². The van der Waals surface area contributed by atoms with Crippen LogP contribution in [0.2, 0.25) is 0 Å². The summed E-state index contributed by atoms with van der Waals surface area (Å²) in [4.78, 5) is 4.92. The zero-order valence-electron chi connectivity index (χ0n) is 14.3. The van der Waals surface area contributed by atoms with Gasteiger partial charge in [0.15, 0.2) is 0 Å². The van der Waals surface area contributed by atoms with E-state index in [-0.39, 0.29) is 17.5 Å². The molecule has 10 heteroatoms. The predicted octanol–water partition coefficient (Wildman–Crippen LogP) is 1.57. The number of hydrogen-bond acceptors (Lipinski definition) is 5. The van der Waals surface area contributed by atoms with Crippen molar-refractivity contribution in [3.8, 4) is 0 Å². The molecule has 0 saturated carbocycles. The Bertz CT molecular complexity index is 699. The number of pyridine rings is 1. The van der Waals surface area contributed by atoms with Gasteiger partial charge in [0.25, 0.3) is 0 Å². The van der Waals surface area contributed by atoms with Gasteiger partial charge in [0.1, 0.15) is 10.6 Å². The highest BCUT2D eigenvalue weighted by atomic mass is 32.2. The molecule has 1 N–H and O–H groups in total. The average Bonchev–Trinajstić information content (AvgIpc) is 2.44. The molecule has 0 aliphatic carbocycles.